The number of amides is 2. The molecule has 0 saturated heterocycles. The molecule has 7 heteroatoms. The molecule has 0 aliphatic carbocycles. The largest absolute Gasteiger partial charge is 0.493 e. The van der Waals surface area contributed by atoms with Gasteiger partial charge in [0.15, 0.2) is 11.5 Å². The van der Waals surface area contributed by atoms with Crippen LogP contribution in [0.15, 0.2) is 30.5 Å². The molecule has 0 spiro atoms. The second-order valence-electron chi connectivity index (χ2n) is 7.01. The Kier molecular flexibility index (Phi) is 5.82. The fraction of sp³-hybridized carbons (Fsp3) is 0.381. The van der Waals surface area contributed by atoms with Crippen LogP contribution in [0.2, 0.25) is 0 Å². The third-order valence-corrected chi connectivity index (χ3v) is 4.67. The van der Waals surface area contributed by atoms with Crippen molar-refractivity contribution in [2.75, 3.05) is 20.8 Å². The molecule has 1 aliphatic heterocycles. The Morgan fingerprint density at radius 2 is 1.79 bits per heavy atom. The van der Waals surface area contributed by atoms with Gasteiger partial charge in [0.1, 0.15) is 5.69 Å². The first-order valence-corrected chi connectivity index (χ1v) is 9.23. The fourth-order valence-corrected chi connectivity index (χ4v) is 3.25. The minimum absolute atomic E-state index is 0.0189. The highest BCUT2D eigenvalue weighted by Crippen LogP contribution is 2.33. The van der Waals surface area contributed by atoms with E-state index in [2.05, 4.69) is 10.3 Å². The monoisotopic (exact) mass is 383 g/mol. The molecule has 2 heterocycles. The molecular formula is C21H25N3O4. The summed E-state index contributed by atoms with van der Waals surface area (Å²) in [5.41, 5.74) is 2.85. The van der Waals surface area contributed by atoms with Crippen LogP contribution >= 0.6 is 0 Å². The van der Waals surface area contributed by atoms with Crippen molar-refractivity contribution >= 4 is 11.8 Å². The summed E-state index contributed by atoms with van der Waals surface area (Å²) in [6.45, 7) is 4.81. The van der Waals surface area contributed by atoms with Crippen molar-refractivity contribution in [2.45, 2.75) is 32.9 Å². The van der Waals surface area contributed by atoms with Crippen molar-refractivity contribution in [1.82, 2.24) is 15.2 Å². The average Bonchev–Trinajstić information content (AvgIpc) is 2.71. The van der Waals surface area contributed by atoms with Crippen LogP contribution < -0.4 is 14.8 Å². The standard InChI is InChI=1S/C21H25N3O4/c1-13(2)23-20(25)15-5-7-22-17(9-15)21(26)24-8-6-14-10-18(27-3)19(28-4)11-16(14)12-24/h5,7,9-11,13H,6,8,12H2,1-4H3,(H,23,25). The zero-order chi connectivity index (χ0) is 20.3. The molecular weight excluding hydrogens is 358 g/mol. The Balaban J connectivity index is 1.80. The van der Waals surface area contributed by atoms with E-state index in [1.807, 2.05) is 26.0 Å². The third-order valence-electron chi connectivity index (χ3n) is 4.67. The minimum Gasteiger partial charge on any atom is -0.493 e. The molecule has 3 rings (SSSR count). The number of aromatic nitrogens is 1. The molecule has 0 atom stereocenters. The lowest BCUT2D eigenvalue weighted by Gasteiger charge is -2.29. The molecule has 1 aliphatic rings. The number of fused-ring (bicyclic) bond motifs is 1. The number of nitrogens with one attached hydrogen (secondary N) is 1. The summed E-state index contributed by atoms with van der Waals surface area (Å²) in [6.07, 6.45) is 2.21. The lowest BCUT2D eigenvalue weighted by molar-refractivity contribution is 0.0728. The van der Waals surface area contributed by atoms with Crippen LogP contribution in [-0.2, 0) is 13.0 Å². The van der Waals surface area contributed by atoms with Crippen LogP contribution in [0.1, 0.15) is 45.8 Å². The van der Waals surface area contributed by atoms with Crippen molar-refractivity contribution in [3.05, 3.63) is 52.8 Å². The van der Waals surface area contributed by atoms with Crippen LogP contribution in [-0.4, -0.2) is 48.5 Å². The topological polar surface area (TPSA) is 80.8 Å². The van der Waals surface area contributed by atoms with Gasteiger partial charge < -0.3 is 19.7 Å². The Bertz CT molecular complexity index is 895. The summed E-state index contributed by atoms with van der Waals surface area (Å²) in [7, 11) is 3.20. The van der Waals surface area contributed by atoms with E-state index < -0.39 is 0 Å². The van der Waals surface area contributed by atoms with Crippen LogP contribution in [0, 0.1) is 0 Å². The van der Waals surface area contributed by atoms with Gasteiger partial charge >= 0.3 is 0 Å². The first-order chi connectivity index (χ1) is 13.4. The number of rotatable bonds is 5. The van der Waals surface area contributed by atoms with E-state index in [1.54, 1.807) is 31.3 Å². The van der Waals surface area contributed by atoms with E-state index >= 15 is 0 Å². The number of pyridine rings is 1. The summed E-state index contributed by atoms with van der Waals surface area (Å²) in [4.78, 5) is 31.1. The SMILES string of the molecule is COc1cc2c(cc1OC)CN(C(=O)c1cc(C(=O)NC(C)C)ccn1)CC2. The van der Waals surface area contributed by atoms with Crippen LogP contribution in [0.4, 0.5) is 0 Å². The number of methoxy groups -OCH3 is 2. The number of carbonyl (C=O) groups is 2. The molecule has 0 unspecified atom stereocenters. The van der Waals surface area contributed by atoms with Crippen LogP contribution in [0.3, 0.4) is 0 Å². The second kappa shape index (κ2) is 8.29. The molecule has 7 nitrogen and oxygen atoms in total. The zero-order valence-corrected chi connectivity index (χ0v) is 16.6. The predicted molar refractivity (Wildman–Crippen MR) is 105 cm³/mol. The second-order valence-corrected chi connectivity index (χ2v) is 7.01. The Morgan fingerprint density at radius 1 is 1.11 bits per heavy atom. The quantitative estimate of drug-likeness (QED) is 0.858. The van der Waals surface area contributed by atoms with E-state index in [4.69, 9.17) is 9.47 Å². The van der Waals surface area contributed by atoms with Crippen molar-refractivity contribution < 1.29 is 19.1 Å². The molecule has 28 heavy (non-hydrogen) atoms. The maximum absolute atomic E-state index is 13.0. The summed E-state index contributed by atoms with van der Waals surface area (Å²) < 4.78 is 10.7. The molecule has 148 valence electrons. The molecule has 0 radical (unpaired) electrons. The van der Waals surface area contributed by atoms with E-state index in [1.165, 1.54) is 6.20 Å². The summed E-state index contributed by atoms with van der Waals surface area (Å²) in [5.74, 6) is 0.916. The molecule has 0 fully saturated rings. The highest BCUT2D eigenvalue weighted by molar-refractivity contribution is 5.98. The van der Waals surface area contributed by atoms with Gasteiger partial charge in [0.05, 0.1) is 14.2 Å². The molecule has 2 aromatic rings. The first kappa shape index (κ1) is 19.7. The van der Waals surface area contributed by atoms with Crippen molar-refractivity contribution in [2.24, 2.45) is 0 Å². The van der Waals surface area contributed by atoms with Crippen LogP contribution in [0.5, 0.6) is 11.5 Å². The maximum atomic E-state index is 13.0. The molecule has 2 amide bonds. The fourth-order valence-electron chi connectivity index (χ4n) is 3.25. The molecule has 0 saturated carbocycles. The van der Waals surface area contributed by atoms with Gasteiger partial charge in [-0.3, -0.25) is 14.6 Å². The van der Waals surface area contributed by atoms with E-state index in [-0.39, 0.29) is 23.6 Å². The summed E-state index contributed by atoms with van der Waals surface area (Å²) in [5, 5.41) is 2.82. The smallest absolute Gasteiger partial charge is 0.272 e. The third kappa shape index (κ3) is 4.08. The predicted octanol–water partition coefficient (Wildman–Crippen LogP) is 2.44. The summed E-state index contributed by atoms with van der Waals surface area (Å²) in [6, 6.07) is 7.05. The molecule has 1 aromatic carbocycles. The highest BCUT2D eigenvalue weighted by atomic mass is 16.5. The van der Waals surface area contributed by atoms with Gasteiger partial charge in [-0.2, -0.15) is 0 Å². The molecule has 1 N–H and O–H groups in total. The van der Waals surface area contributed by atoms with Crippen molar-refractivity contribution in [3.63, 3.8) is 0 Å². The number of hydrogen-bond acceptors (Lipinski definition) is 5. The first-order valence-electron chi connectivity index (χ1n) is 9.23. The number of carbonyl (C=O) groups excluding carboxylic acids is 2. The zero-order valence-electron chi connectivity index (χ0n) is 16.6. The highest BCUT2D eigenvalue weighted by Gasteiger charge is 2.25. The maximum Gasteiger partial charge on any atom is 0.272 e. The Labute approximate surface area is 164 Å². The van der Waals surface area contributed by atoms with Crippen molar-refractivity contribution in [1.29, 1.82) is 0 Å². The molecule has 0 bridgehead atoms. The normalized spacial score (nSPS) is 13.1. The van der Waals surface area contributed by atoms with Gasteiger partial charge in [0, 0.05) is 30.9 Å². The van der Waals surface area contributed by atoms with Crippen molar-refractivity contribution in [3.8, 4) is 11.5 Å². The van der Waals surface area contributed by atoms with E-state index in [9.17, 15) is 9.59 Å². The van der Waals surface area contributed by atoms with Gasteiger partial charge in [-0.1, -0.05) is 0 Å². The number of benzene rings is 1. The minimum atomic E-state index is -0.215. The molecule has 1 aromatic heterocycles. The van der Waals surface area contributed by atoms with Gasteiger partial charge in [-0.15, -0.1) is 0 Å². The Hall–Kier alpha value is -3.09. The number of hydrogen-bond donors (Lipinski definition) is 1. The lowest BCUT2D eigenvalue weighted by atomic mass is 9.98. The number of nitrogens with zero attached hydrogens (tertiary/aromatic N) is 2. The van der Waals surface area contributed by atoms with Gasteiger partial charge in [0.25, 0.3) is 11.8 Å². The number of ether oxygens (including phenoxy) is 2. The van der Waals surface area contributed by atoms with Crippen LogP contribution in [0.25, 0.3) is 0 Å². The van der Waals surface area contributed by atoms with E-state index in [0.717, 1.165) is 17.5 Å². The van der Waals surface area contributed by atoms with Gasteiger partial charge in [0.2, 0.25) is 0 Å². The summed E-state index contributed by atoms with van der Waals surface area (Å²) >= 11 is 0. The van der Waals surface area contributed by atoms with Gasteiger partial charge in [-0.05, 0) is 55.7 Å². The Morgan fingerprint density at radius 3 is 2.43 bits per heavy atom. The lowest BCUT2D eigenvalue weighted by Crippen LogP contribution is -2.36. The average molecular weight is 383 g/mol. The van der Waals surface area contributed by atoms with Gasteiger partial charge in [-0.25, -0.2) is 0 Å². The van der Waals surface area contributed by atoms with E-state index in [0.29, 0.717) is 30.2 Å².